The first kappa shape index (κ1) is 80.6. The van der Waals surface area contributed by atoms with E-state index in [0.717, 1.165) is 19.4 Å². The Morgan fingerprint density at radius 3 is 1.62 bits per heavy atom. The van der Waals surface area contributed by atoms with E-state index in [1.165, 1.54) is 20.8 Å². The highest BCUT2D eigenvalue weighted by molar-refractivity contribution is 5.79. The first-order valence-electron chi connectivity index (χ1n) is 35.6. The number of esters is 3. The average Bonchev–Trinajstić information content (AvgIpc) is 0.669. The van der Waals surface area contributed by atoms with Gasteiger partial charge in [-0.25, -0.2) is 0 Å². The minimum Gasteiger partial charge on any atom is -0.481 e. The van der Waals surface area contributed by atoms with Crippen LogP contribution in [0.2, 0.25) is 0 Å². The molecule has 11 aliphatic rings. The van der Waals surface area contributed by atoms with Crippen molar-refractivity contribution in [3.8, 4) is 0 Å². The fraction of sp³-hybridized carbons (Fsp3) is 0.912. The van der Waals surface area contributed by atoms with Crippen molar-refractivity contribution in [1.29, 1.82) is 0 Å². The van der Waals surface area contributed by atoms with Gasteiger partial charge in [-0.1, -0.05) is 39.3 Å². The fourth-order valence-electron chi connectivity index (χ4n) is 19.7. The van der Waals surface area contributed by atoms with Crippen LogP contribution in [0, 0.1) is 50.2 Å². The Morgan fingerprint density at radius 2 is 1.02 bits per heavy atom. The van der Waals surface area contributed by atoms with E-state index >= 15 is 4.79 Å². The van der Waals surface area contributed by atoms with E-state index in [9.17, 15) is 101 Å². The second-order valence-corrected chi connectivity index (χ2v) is 32.0. The number of carbonyl (C=O) groups excluding carboxylic acids is 3. The van der Waals surface area contributed by atoms with Gasteiger partial charge >= 0.3 is 23.9 Å². The minimum absolute atomic E-state index is 0.00947. The van der Waals surface area contributed by atoms with E-state index in [2.05, 4.69) is 20.8 Å². The number of allylic oxidation sites excluding steroid dienone is 1. The van der Waals surface area contributed by atoms with Gasteiger partial charge < -0.3 is 153 Å². The molecule has 35 heteroatoms. The van der Waals surface area contributed by atoms with Crippen molar-refractivity contribution in [1.82, 2.24) is 0 Å². The zero-order valence-corrected chi connectivity index (χ0v) is 59.0. The van der Waals surface area contributed by atoms with Crippen LogP contribution in [0.25, 0.3) is 0 Å². The Morgan fingerprint density at radius 1 is 0.495 bits per heavy atom. The van der Waals surface area contributed by atoms with Crippen molar-refractivity contribution >= 4 is 23.9 Å². The number of ether oxygens (including phenoxy) is 14. The largest absolute Gasteiger partial charge is 0.481 e. The van der Waals surface area contributed by atoms with Crippen LogP contribution in [0.4, 0.5) is 0 Å². The Hall–Kier alpha value is -3.46. The van der Waals surface area contributed by atoms with Gasteiger partial charge in [0.05, 0.1) is 62.2 Å². The van der Waals surface area contributed by atoms with Crippen LogP contribution in [0.5, 0.6) is 0 Å². The lowest BCUT2D eigenvalue weighted by Crippen LogP contribution is -2.71. The molecule has 4 saturated carbocycles. The molecule has 6 saturated heterocycles. The van der Waals surface area contributed by atoms with Crippen molar-refractivity contribution in [2.75, 3.05) is 33.0 Å². The van der Waals surface area contributed by atoms with Crippen LogP contribution in [0.15, 0.2) is 11.6 Å². The number of aliphatic hydroxyl groups excluding tert-OH is 16. The molecule has 103 heavy (non-hydrogen) atoms. The number of rotatable bonds is 18. The molecule has 17 N–H and O–H groups in total. The summed E-state index contributed by atoms with van der Waals surface area (Å²) >= 11 is 0. The molecule has 6 aliphatic heterocycles. The van der Waals surface area contributed by atoms with Crippen molar-refractivity contribution in [3.05, 3.63) is 11.6 Å². The van der Waals surface area contributed by atoms with Crippen LogP contribution in [-0.2, 0) is 85.5 Å². The standard InChI is InChI=1S/C68H106O35/c1-25-49(99-56-48(86)51(100-55-44(82)38(76)32(75)22-90-55)35(23-91-56)98-58-45(83)41(79)39(77)33(20-69)96-58)43(81)47(85)57(92-25)101-53-52(95-28(4)73)50(94-27(3)72)26(2)93-60(53)103-62(89)67-15-14-63(5,6)18-30(67)29-10-11-36-64(7)19-31(74)54(102-59-46(84)42(80)40(78)34(21-70)97-59)66(9,61(87)88)37(64)12-13-65(36,8)68(29,24-71)17-16-67/h10,25-26,30-60,69-71,74-86H,11-24H2,1-9H3,(H,87,88). The summed E-state index contributed by atoms with van der Waals surface area (Å²) in [5.41, 5.74) is -5.65. The molecule has 0 spiro atoms. The van der Waals surface area contributed by atoms with E-state index in [4.69, 9.17) is 66.3 Å². The molecule has 0 amide bonds. The van der Waals surface area contributed by atoms with Gasteiger partial charge in [-0.3, -0.25) is 19.2 Å². The lowest BCUT2D eigenvalue weighted by molar-refractivity contribution is -0.388. The van der Waals surface area contributed by atoms with Crippen LogP contribution in [0.1, 0.15) is 120 Å². The van der Waals surface area contributed by atoms with E-state index in [0.29, 0.717) is 25.7 Å². The molecule has 35 nitrogen and oxygen atoms in total. The van der Waals surface area contributed by atoms with Gasteiger partial charge in [0.25, 0.3) is 0 Å². The summed E-state index contributed by atoms with van der Waals surface area (Å²) in [7, 11) is 0. The van der Waals surface area contributed by atoms with Crippen molar-refractivity contribution in [2.24, 2.45) is 50.2 Å². The second-order valence-electron chi connectivity index (χ2n) is 32.0. The topological polar surface area (TPSA) is 541 Å². The smallest absolute Gasteiger partial charge is 0.315 e. The maximum Gasteiger partial charge on any atom is 0.315 e. The predicted molar refractivity (Wildman–Crippen MR) is 337 cm³/mol. The molecule has 0 radical (unpaired) electrons. The molecule has 0 aromatic heterocycles. The van der Waals surface area contributed by atoms with E-state index in [-0.39, 0.29) is 38.7 Å². The number of hydrogen-bond acceptors (Lipinski definition) is 34. The molecule has 0 bridgehead atoms. The predicted octanol–water partition coefficient (Wildman–Crippen LogP) is -4.90. The molecule has 11 rings (SSSR count). The zero-order chi connectivity index (χ0) is 75.4. The highest BCUT2D eigenvalue weighted by Gasteiger charge is 2.74. The summed E-state index contributed by atoms with van der Waals surface area (Å²) in [5, 5.41) is 187. The van der Waals surface area contributed by atoms with Crippen molar-refractivity contribution in [2.45, 2.75) is 304 Å². The number of hydrogen-bond donors (Lipinski definition) is 17. The molecule has 0 aromatic rings. The van der Waals surface area contributed by atoms with E-state index in [1.807, 2.05) is 13.0 Å². The van der Waals surface area contributed by atoms with Gasteiger partial charge in [-0.2, -0.15) is 0 Å². The number of aliphatic hydroxyl groups is 16. The van der Waals surface area contributed by atoms with Crippen LogP contribution < -0.4 is 0 Å². The summed E-state index contributed by atoms with van der Waals surface area (Å²) in [5.74, 6) is -5.60. The lowest BCUT2D eigenvalue weighted by atomic mass is 9.33. The van der Waals surface area contributed by atoms with Gasteiger partial charge in [0.15, 0.2) is 49.8 Å². The fourth-order valence-corrected chi connectivity index (χ4v) is 19.7. The van der Waals surface area contributed by atoms with Crippen LogP contribution in [0.3, 0.4) is 0 Å². The van der Waals surface area contributed by atoms with Crippen LogP contribution in [-0.4, -0.2) is 328 Å². The van der Waals surface area contributed by atoms with Crippen molar-refractivity contribution in [3.63, 3.8) is 0 Å². The SMILES string of the molecule is CC(=O)OC1C(C)OC(OC(=O)C23CCC(C)(C)CC2C2=CCC4C5(C)CC(O)C(OC6OC(CO)C(O)C(O)C6O)C(C)(C(=O)O)C5CCC4(C)C2(CO)CC3)C(OC2OC(C)C(OC3OCC(OC4OC(CO)C(O)C(O)C4O)C(OC4OCC(O)C(O)C4O)C3O)C(O)C2O)C1OC(C)=O. The normalized spacial score (nSPS) is 52.0. The van der Waals surface area contributed by atoms with E-state index in [1.54, 1.807) is 0 Å². The molecule has 10 fully saturated rings. The second kappa shape index (κ2) is 30.4. The van der Waals surface area contributed by atoms with Crippen LogP contribution >= 0.6 is 0 Å². The van der Waals surface area contributed by atoms with Gasteiger partial charge in [0, 0.05) is 19.3 Å². The van der Waals surface area contributed by atoms with Gasteiger partial charge in [0.2, 0.25) is 6.29 Å². The molecular weight excluding hydrogens is 1380 g/mol. The quantitative estimate of drug-likeness (QED) is 0.0265. The first-order valence-corrected chi connectivity index (χ1v) is 35.6. The number of carbonyl (C=O) groups is 4. The summed E-state index contributed by atoms with van der Waals surface area (Å²) in [6, 6.07) is 0. The molecule has 0 aromatic carbocycles. The molecular formula is C68H106O35. The minimum atomic E-state index is -2.15. The monoisotopic (exact) mass is 1480 g/mol. The van der Waals surface area contributed by atoms with E-state index < -0.39 is 285 Å². The third-order valence-electron chi connectivity index (χ3n) is 25.4. The molecule has 38 atom stereocenters. The third-order valence-corrected chi connectivity index (χ3v) is 25.4. The van der Waals surface area contributed by atoms with Crippen molar-refractivity contribution < 1.29 is 172 Å². The Kier molecular flexibility index (Phi) is 23.8. The number of aliphatic carboxylic acids is 1. The third kappa shape index (κ3) is 14.1. The number of fused-ring (bicyclic) bond motifs is 7. The molecule has 5 aliphatic carbocycles. The Balaban J connectivity index is 0.850. The highest BCUT2D eigenvalue weighted by Crippen LogP contribution is 2.76. The zero-order valence-electron chi connectivity index (χ0n) is 59.0. The summed E-state index contributed by atoms with van der Waals surface area (Å²) in [6.07, 6.45) is -47.6. The number of carboxylic acids is 1. The molecule has 38 unspecified atom stereocenters. The van der Waals surface area contributed by atoms with Gasteiger partial charge in [-0.05, 0) is 113 Å². The van der Waals surface area contributed by atoms with Gasteiger partial charge in [-0.15, -0.1) is 0 Å². The Labute approximate surface area is 593 Å². The lowest BCUT2D eigenvalue weighted by Gasteiger charge is -2.71. The summed E-state index contributed by atoms with van der Waals surface area (Å²) in [4.78, 5) is 55.9. The Bertz CT molecular complexity index is 3030. The highest BCUT2D eigenvalue weighted by atomic mass is 16.8. The average molecular weight is 1480 g/mol. The summed E-state index contributed by atoms with van der Waals surface area (Å²) in [6.45, 7) is 11.4. The maximum absolute atomic E-state index is 16.0. The first-order chi connectivity index (χ1) is 48.3. The number of carboxylic acid groups (broad SMARTS) is 1. The molecule has 6 heterocycles. The molecule has 588 valence electrons. The van der Waals surface area contributed by atoms with Gasteiger partial charge in [0.1, 0.15) is 110 Å². The maximum atomic E-state index is 16.0. The summed E-state index contributed by atoms with van der Waals surface area (Å²) < 4.78 is 84.0.